The first-order valence-corrected chi connectivity index (χ1v) is 10.0. The van der Waals surface area contributed by atoms with E-state index in [0.717, 1.165) is 48.4 Å². The van der Waals surface area contributed by atoms with Crippen LogP contribution in [-0.4, -0.2) is 41.5 Å². The van der Waals surface area contributed by atoms with E-state index in [1.54, 1.807) is 0 Å². The van der Waals surface area contributed by atoms with E-state index in [4.69, 9.17) is 0 Å². The Bertz CT molecular complexity index is 1010. The molecule has 0 saturated carbocycles. The molecule has 4 heterocycles. The predicted molar refractivity (Wildman–Crippen MR) is 101 cm³/mol. The first-order valence-electron chi connectivity index (χ1n) is 9.27. The van der Waals surface area contributed by atoms with Gasteiger partial charge in [-0.3, -0.25) is 4.79 Å². The fraction of sp³-hybridized carbons (Fsp3) is 0.421. The summed E-state index contributed by atoms with van der Waals surface area (Å²) in [5.41, 5.74) is 2.63. The number of aryl methyl sites for hydroxylation is 1. The molecule has 0 bridgehead atoms. The fourth-order valence-electron chi connectivity index (χ4n) is 4.03. The van der Waals surface area contributed by atoms with Gasteiger partial charge < -0.3 is 9.47 Å². The highest BCUT2D eigenvalue weighted by atomic mass is 32.1. The zero-order valence-electron chi connectivity index (χ0n) is 15.1. The van der Waals surface area contributed by atoms with Gasteiger partial charge in [-0.2, -0.15) is 4.37 Å². The maximum absolute atomic E-state index is 13.1. The molecule has 5 rings (SSSR count). The lowest BCUT2D eigenvalue weighted by Crippen LogP contribution is -2.42. The number of benzene rings is 1. The fourth-order valence-corrected chi connectivity index (χ4v) is 4.69. The molecule has 8 heteroatoms. The molecule has 27 heavy (non-hydrogen) atoms. The number of amides is 1. The normalized spacial score (nSPS) is 18.9. The summed E-state index contributed by atoms with van der Waals surface area (Å²) < 4.78 is 6.33. The van der Waals surface area contributed by atoms with Crippen LogP contribution in [0.3, 0.4) is 0 Å². The van der Waals surface area contributed by atoms with E-state index < -0.39 is 0 Å². The van der Waals surface area contributed by atoms with Crippen molar-refractivity contribution in [3.63, 3.8) is 0 Å². The molecule has 0 saturated heterocycles. The molecule has 2 aliphatic rings. The second-order valence-electron chi connectivity index (χ2n) is 7.21. The molecule has 0 radical (unpaired) electrons. The first-order chi connectivity index (χ1) is 13.2. The summed E-state index contributed by atoms with van der Waals surface area (Å²) in [6.07, 6.45) is 2.39. The molecule has 2 aromatic heterocycles. The van der Waals surface area contributed by atoms with Gasteiger partial charge in [0.1, 0.15) is 11.6 Å². The standard InChI is InChI=1S/C19H20N6OS/c1-12-20-18(27-23-12)17-22-21-16-10-14(7-9-25(16)17)19(26)24-8-6-13-4-2-3-5-15(13)11-24/h2-5,14H,6-11H2,1H3. The maximum Gasteiger partial charge on any atom is 0.226 e. The van der Waals surface area contributed by atoms with Gasteiger partial charge in [-0.25, -0.2) is 4.98 Å². The van der Waals surface area contributed by atoms with Crippen LogP contribution in [0, 0.1) is 12.8 Å². The van der Waals surface area contributed by atoms with Crippen molar-refractivity contribution in [1.29, 1.82) is 0 Å². The summed E-state index contributed by atoms with van der Waals surface area (Å²) in [6.45, 7) is 4.14. The van der Waals surface area contributed by atoms with Gasteiger partial charge in [0.25, 0.3) is 0 Å². The highest BCUT2D eigenvalue weighted by molar-refractivity contribution is 7.09. The number of aromatic nitrogens is 5. The number of nitrogens with zero attached hydrogens (tertiary/aromatic N) is 6. The van der Waals surface area contributed by atoms with E-state index in [2.05, 4.69) is 42.3 Å². The zero-order valence-corrected chi connectivity index (χ0v) is 15.9. The molecule has 3 aromatic rings. The van der Waals surface area contributed by atoms with Gasteiger partial charge in [-0.05, 0) is 42.4 Å². The van der Waals surface area contributed by atoms with E-state index in [9.17, 15) is 4.79 Å². The van der Waals surface area contributed by atoms with Crippen LogP contribution < -0.4 is 0 Å². The topological polar surface area (TPSA) is 76.8 Å². The highest BCUT2D eigenvalue weighted by Gasteiger charge is 2.32. The van der Waals surface area contributed by atoms with Gasteiger partial charge in [0, 0.05) is 32.0 Å². The molecular formula is C19H20N6OS. The lowest BCUT2D eigenvalue weighted by Gasteiger charge is -2.33. The molecule has 7 nitrogen and oxygen atoms in total. The van der Waals surface area contributed by atoms with Crippen molar-refractivity contribution in [3.05, 3.63) is 47.0 Å². The average molecular weight is 380 g/mol. The van der Waals surface area contributed by atoms with Crippen LogP contribution in [0.15, 0.2) is 24.3 Å². The van der Waals surface area contributed by atoms with Crippen LogP contribution in [0.4, 0.5) is 0 Å². The van der Waals surface area contributed by atoms with Gasteiger partial charge in [0.2, 0.25) is 5.91 Å². The third-order valence-corrected chi connectivity index (χ3v) is 6.27. The van der Waals surface area contributed by atoms with Crippen molar-refractivity contribution in [1.82, 2.24) is 29.0 Å². The van der Waals surface area contributed by atoms with Crippen molar-refractivity contribution < 1.29 is 4.79 Å². The number of carbonyl (C=O) groups excluding carboxylic acids is 1. The molecule has 1 aromatic carbocycles. The summed E-state index contributed by atoms with van der Waals surface area (Å²) in [5.74, 6) is 2.62. The molecule has 0 fully saturated rings. The van der Waals surface area contributed by atoms with Crippen molar-refractivity contribution in [2.75, 3.05) is 6.54 Å². The quantitative estimate of drug-likeness (QED) is 0.681. The van der Waals surface area contributed by atoms with Crippen LogP contribution in [0.5, 0.6) is 0 Å². The number of fused-ring (bicyclic) bond motifs is 2. The Balaban J connectivity index is 1.33. The van der Waals surface area contributed by atoms with Crippen molar-refractivity contribution in [2.45, 2.75) is 39.3 Å². The summed E-state index contributed by atoms with van der Waals surface area (Å²) in [7, 11) is 0. The van der Waals surface area contributed by atoms with Crippen LogP contribution in [0.2, 0.25) is 0 Å². The molecular weight excluding hydrogens is 360 g/mol. The highest BCUT2D eigenvalue weighted by Crippen LogP contribution is 2.29. The summed E-state index contributed by atoms with van der Waals surface area (Å²) >= 11 is 1.34. The SMILES string of the molecule is Cc1nsc(-c2nnc3n2CCC(C(=O)N2CCc4ccccc4C2)C3)n1. The Morgan fingerprint density at radius 3 is 2.85 bits per heavy atom. The largest absolute Gasteiger partial charge is 0.338 e. The van der Waals surface area contributed by atoms with Gasteiger partial charge in [0.05, 0.1) is 0 Å². The molecule has 0 N–H and O–H groups in total. The first kappa shape index (κ1) is 16.6. The van der Waals surface area contributed by atoms with Gasteiger partial charge >= 0.3 is 0 Å². The Morgan fingerprint density at radius 2 is 2.04 bits per heavy atom. The number of hydrogen-bond donors (Lipinski definition) is 0. The predicted octanol–water partition coefficient (Wildman–Crippen LogP) is 2.25. The Kier molecular flexibility index (Phi) is 4.00. The zero-order chi connectivity index (χ0) is 18.4. The van der Waals surface area contributed by atoms with Gasteiger partial charge in [0.15, 0.2) is 10.8 Å². The lowest BCUT2D eigenvalue weighted by atomic mass is 9.93. The van der Waals surface area contributed by atoms with Crippen molar-refractivity contribution >= 4 is 17.4 Å². The lowest BCUT2D eigenvalue weighted by molar-refractivity contribution is -0.137. The molecule has 1 atom stereocenters. The summed E-state index contributed by atoms with van der Waals surface area (Å²) in [6, 6.07) is 8.41. The number of rotatable bonds is 2. The monoisotopic (exact) mass is 380 g/mol. The summed E-state index contributed by atoms with van der Waals surface area (Å²) in [5, 5.41) is 9.45. The van der Waals surface area contributed by atoms with Crippen molar-refractivity contribution in [2.24, 2.45) is 5.92 Å². The minimum Gasteiger partial charge on any atom is -0.338 e. The van der Waals surface area contributed by atoms with Crippen LogP contribution in [0.25, 0.3) is 10.8 Å². The molecule has 1 amide bonds. The minimum atomic E-state index is -0.0176. The van der Waals surface area contributed by atoms with Gasteiger partial charge in [-0.15, -0.1) is 10.2 Å². The minimum absolute atomic E-state index is 0.0176. The average Bonchev–Trinajstić information content (AvgIpc) is 3.32. The number of carbonyl (C=O) groups is 1. The molecule has 0 aliphatic carbocycles. The number of hydrogen-bond acceptors (Lipinski definition) is 6. The molecule has 1 unspecified atom stereocenters. The smallest absolute Gasteiger partial charge is 0.226 e. The van der Waals surface area contributed by atoms with E-state index in [1.165, 1.54) is 22.7 Å². The van der Waals surface area contributed by atoms with E-state index in [0.29, 0.717) is 13.0 Å². The van der Waals surface area contributed by atoms with Crippen LogP contribution >= 0.6 is 11.5 Å². The van der Waals surface area contributed by atoms with Crippen LogP contribution in [0.1, 0.15) is 29.2 Å². The molecule has 0 spiro atoms. The Hall–Kier alpha value is -2.61. The van der Waals surface area contributed by atoms with E-state index >= 15 is 0 Å². The molecule has 2 aliphatic heterocycles. The third kappa shape index (κ3) is 2.93. The van der Waals surface area contributed by atoms with Crippen molar-refractivity contribution in [3.8, 4) is 10.8 Å². The Morgan fingerprint density at radius 1 is 1.19 bits per heavy atom. The maximum atomic E-state index is 13.1. The van der Waals surface area contributed by atoms with Crippen LogP contribution in [-0.2, 0) is 30.7 Å². The molecule has 138 valence electrons. The third-order valence-electron chi connectivity index (χ3n) is 5.47. The Labute approximate surface area is 161 Å². The van der Waals surface area contributed by atoms with Gasteiger partial charge in [-0.1, -0.05) is 24.3 Å². The van der Waals surface area contributed by atoms with E-state index in [-0.39, 0.29) is 11.8 Å². The second-order valence-corrected chi connectivity index (χ2v) is 7.96. The van der Waals surface area contributed by atoms with E-state index in [1.807, 2.05) is 17.9 Å². The summed E-state index contributed by atoms with van der Waals surface area (Å²) in [4.78, 5) is 19.5. The second kappa shape index (κ2) is 6.53.